The Morgan fingerprint density at radius 3 is 2.32 bits per heavy atom. The molecule has 28 heavy (non-hydrogen) atoms. The van der Waals surface area contributed by atoms with Crippen LogP contribution in [0.1, 0.15) is 28.6 Å². The van der Waals surface area contributed by atoms with Crippen molar-refractivity contribution in [3.8, 4) is 0 Å². The van der Waals surface area contributed by atoms with Crippen molar-refractivity contribution in [2.75, 3.05) is 19.6 Å². The Labute approximate surface area is 178 Å². The highest BCUT2D eigenvalue weighted by Gasteiger charge is 2.29. The highest BCUT2D eigenvalue weighted by atomic mass is 127. The molecule has 2 rings (SSSR count). The molecule has 0 saturated carbocycles. The third-order valence-electron chi connectivity index (χ3n) is 3.49. The van der Waals surface area contributed by atoms with Crippen LogP contribution in [0.25, 0.3) is 0 Å². The molecule has 6 nitrogen and oxygen atoms in total. The lowest BCUT2D eigenvalue weighted by Gasteiger charge is -2.12. The van der Waals surface area contributed by atoms with Gasteiger partial charge in [-0.1, -0.05) is 12.1 Å². The Bertz CT molecular complexity index is 747. The molecule has 0 aliphatic carbocycles. The van der Waals surface area contributed by atoms with Crippen LogP contribution in [0.5, 0.6) is 0 Å². The first-order chi connectivity index (χ1) is 12.9. The Hall–Kier alpha value is -2.24. The van der Waals surface area contributed by atoms with Gasteiger partial charge in [0.15, 0.2) is 11.7 Å². The second-order valence-corrected chi connectivity index (χ2v) is 5.55. The van der Waals surface area contributed by atoms with E-state index >= 15 is 0 Å². The lowest BCUT2D eigenvalue weighted by Crippen LogP contribution is -2.41. The highest BCUT2D eigenvalue weighted by molar-refractivity contribution is 14.0. The molecule has 0 unspecified atom stereocenters. The third kappa shape index (κ3) is 7.79. The first-order valence-electron chi connectivity index (χ1n) is 8.40. The maximum atomic E-state index is 12.6. The topological polar surface area (TPSA) is 78.7 Å². The van der Waals surface area contributed by atoms with Crippen LogP contribution in [0.3, 0.4) is 0 Å². The molecule has 3 N–H and O–H groups in total. The van der Waals surface area contributed by atoms with Crippen molar-refractivity contribution in [3.63, 3.8) is 0 Å². The molecule has 0 atom stereocenters. The molecule has 154 valence electrons. The third-order valence-corrected chi connectivity index (χ3v) is 3.49. The number of nitrogens with one attached hydrogen (secondary N) is 3. The van der Waals surface area contributed by atoms with E-state index in [-0.39, 0.29) is 42.2 Å². The molecule has 1 aromatic heterocycles. The molecule has 0 saturated heterocycles. The summed E-state index contributed by atoms with van der Waals surface area (Å²) in [5, 5.41) is 8.76. The van der Waals surface area contributed by atoms with E-state index in [1.165, 1.54) is 18.4 Å². The molecule has 1 amide bonds. The SMILES string of the molecule is CCNC(=NCc1ccc(C(F)(F)F)cc1)NCCNC(=O)c1ccco1.I. The largest absolute Gasteiger partial charge is 0.459 e. The summed E-state index contributed by atoms with van der Waals surface area (Å²) in [5.41, 5.74) is -0.0288. The molecule has 0 bridgehead atoms. The number of nitrogens with zero attached hydrogens (tertiary/aromatic N) is 1. The number of furan rings is 1. The number of carbonyl (C=O) groups is 1. The van der Waals surface area contributed by atoms with Crippen LogP contribution < -0.4 is 16.0 Å². The second kappa shape index (κ2) is 11.6. The van der Waals surface area contributed by atoms with Crippen molar-refractivity contribution in [1.29, 1.82) is 0 Å². The monoisotopic (exact) mass is 510 g/mol. The summed E-state index contributed by atoms with van der Waals surface area (Å²) in [7, 11) is 0. The predicted molar refractivity (Wildman–Crippen MR) is 111 cm³/mol. The number of halogens is 4. The van der Waals surface area contributed by atoms with E-state index in [2.05, 4.69) is 20.9 Å². The normalized spacial score (nSPS) is 11.5. The van der Waals surface area contributed by atoms with E-state index in [0.717, 1.165) is 12.1 Å². The van der Waals surface area contributed by atoms with Gasteiger partial charge in [0.25, 0.3) is 5.91 Å². The van der Waals surface area contributed by atoms with Gasteiger partial charge in [-0.05, 0) is 36.8 Å². The summed E-state index contributed by atoms with van der Waals surface area (Å²) in [4.78, 5) is 16.1. The molecule has 0 aliphatic rings. The van der Waals surface area contributed by atoms with E-state index in [9.17, 15) is 18.0 Å². The number of alkyl halides is 3. The van der Waals surface area contributed by atoms with Gasteiger partial charge in [-0.15, -0.1) is 24.0 Å². The van der Waals surface area contributed by atoms with Crippen LogP contribution >= 0.6 is 24.0 Å². The molecule has 1 aromatic carbocycles. The minimum Gasteiger partial charge on any atom is -0.459 e. The lowest BCUT2D eigenvalue weighted by molar-refractivity contribution is -0.137. The summed E-state index contributed by atoms with van der Waals surface area (Å²) in [6.07, 6.45) is -2.93. The Morgan fingerprint density at radius 2 is 1.75 bits per heavy atom. The average Bonchev–Trinajstić information content (AvgIpc) is 3.17. The number of benzene rings is 1. The van der Waals surface area contributed by atoms with Gasteiger partial charge in [-0.25, -0.2) is 4.99 Å². The van der Waals surface area contributed by atoms with Gasteiger partial charge in [0, 0.05) is 19.6 Å². The van der Waals surface area contributed by atoms with Gasteiger partial charge in [0.1, 0.15) is 0 Å². The molecule has 0 fully saturated rings. The van der Waals surface area contributed by atoms with Crippen molar-refractivity contribution in [3.05, 3.63) is 59.5 Å². The molecule has 0 spiro atoms. The fraction of sp³-hybridized carbons (Fsp3) is 0.333. The fourth-order valence-electron chi connectivity index (χ4n) is 2.16. The number of carbonyl (C=O) groups excluding carboxylic acids is 1. The predicted octanol–water partition coefficient (Wildman–Crippen LogP) is 3.40. The number of guanidine groups is 1. The molecular weight excluding hydrogens is 488 g/mol. The van der Waals surface area contributed by atoms with Crippen LogP contribution in [-0.4, -0.2) is 31.5 Å². The van der Waals surface area contributed by atoms with Crippen molar-refractivity contribution in [2.45, 2.75) is 19.6 Å². The molecule has 0 radical (unpaired) electrons. The summed E-state index contributed by atoms with van der Waals surface area (Å²) in [5.74, 6) is 0.427. The summed E-state index contributed by atoms with van der Waals surface area (Å²) in [6, 6.07) is 8.08. The fourth-order valence-corrected chi connectivity index (χ4v) is 2.16. The molecule has 1 heterocycles. The Kier molecular flexibility index (Phi) is 9.83. The van der Waals surface area contributed by atoms with Gasteiger partial charge >= 0.3 is 6.18 Å². The van der Waals surface area contributed by atoms with Crippen LogP contribution in [0, 0.1) is 0 Å². The number of aliphatic imine (C=N–C) groups is 1. The minimum absolute atomic E-state index is 0. The van der Waals surface area contributed by atoms with E-state index < -0.39 is 11.7 Å². The van der Waals surface area contributed by atoms with Crippen molar-refractivity contribution in [2.24, 2.45) is 4.99 Å². The van der Waals surface area contributed by atoms with Crippen LogP contribution in [0.2, 0.25) is 0 Å². The molecular formula is C18H22F3IN4O2. The zero-order chi connectivity index (χ0) is 19.7. The Balaban J connectivity index is 0.00000392. The second-order valence-electron chi connectivity index (χ2n) is 5.55. The summed E-state index contributed by atoms with van der Waals surface area (Å²) in [6.45, 7) is 3.52. The molecule has 10 heteroatoms. The number of hydrogen-bond acceptors (Lipinski definition) is 3. The van der Waals surface area contributed by atoms with Gasteiger partial charge < -0.3 is 20.4 Å². The van der Waals surface area contributed by atoms with Gasteiger partial charge in [-0.2, -0.15) is 13.2 Å². The lowest BCUT2D eigenvalue weighted by atomic mass is 10.1. The summed E-state index contributed by atoms with van der Waals surface area (Å²) >= 11 is 0. The number of rotatable bonds is 7. The van der Waals surface area contributed by atoms with E-state index in [1.807, 2.05) is 6.92 Å². The smallest absolute Gasteiger partial charge is 0.416 e. The zero-order valence-electron chi connectivity index (χ0n) is 15.2. The van der Waals surface area contributed by atoms with Crippen molar-refractivity contribution in [1.82, 2.24) is 16.0 Å². The zero-order valence-corrected chi connectivity index (χ0v) is 17.5. The summed E-state index contributed by atoms with van der Waals surface area (Å²) < 4.78 is 42.7. The standard InChI is InChI=1S/C18H21F3N4O2.HI/c1-2-22-17(24-10-9-23-16(26)15-4-3-11-27-15)25-12-13-5-7-14(8-6-13)18(19,20)21;/h3-8,11H,2,9-10,12H2,1H3,(H,23,26)(H2,22,24,25);1H. The van der Waals surface area contributed by atoms with Gasteiger partial charge in [0.2, 0.25) is 0 Å². The van der Waals surface area contributed by atoms with E-state index in [4.69, 9.17) is 4.42 Å². The van der Waals surface area contributed by atoms with E-state index in [0.29, 0.717) is 31.2 Å². The van der Waals surface area contributed by atoms with Crippen LogP contribution in [0.15, 0.2) is 52.1 Å². The van der Waals surface area contributed by atoms with Crippen LogP contribution in [-0.2, 0) is 12.7 Å². The van der Waals surface area contributed by atoms with Gasteiger partial charge in [0.05, 0.1) is 18.4 Å². The Morgan fingerprint density at radius 1 is 1.07 bits per heavy atom. The quantitative estimate of drug-likeness (QED) is 0.231. The number of hydrogen-bond donors (Lipinski definition) is 3. The maximum absolute atomic E-state index is 12.6. The van der Waals surface area contributed by atoms with Crippen LogP contribution in [0.4, 0.5) is 13.2 Å². The average molecular weight is 510 g/mol. The van der Waals surface area contributed by atoms with E-state index in [1.54, 1.807) is 12.1 Å². The van der Waals surface area contributed by atoms with Crippen molar-refractivity contribution >= 4 is 35.8 Å². The maximum Gasteiger partial charge on any atom is 0.416 e. The van der Waals surface area contributed by atoms with Crippen molar-refractivity contribution < 1.29 is 22.4 Å². The molecule has 2 aromatic rings. The molecule has 0 aliphatic heterocycles. The first kappa shape index (κ1) is 23.8. The minimum atomic E-state index is -4.35. The number of amides is 1. The first-order valence-corrected chi connectivity index (χ1v) is 8.40. The highest BCUT2D eigenvalue weighted by Crippen LogP contribution is 2.29. The van der Waals surface area contributed by atoms with Gasteiger partial charge in [-0.3, -0.25) is 4.79 Å².